The minimum Gasteiger partial charge on any atom is -0.389 e. The van der Waals surface area contributed by atoms with E-state index in [0.717, 1.165) is 18.4 Å². The Morgan fingerprint density at radius 2 is 1.93 bits per heavy atom. The van der Waals surface area contributed by atoms with Gasteiger partial charge in [0.1, 0.15) is 6.61 Å². The molecule has 0 spiro atoms. The van der Waals surface area contributed by atoms with Gasteiger partial charge in [-0.15, -0.1) is 0 Å². The van der Waals surface area contributed by atoms with Crippen LogP contribution in [0, 0.1) is 0 Å². The van der Waals surface area contributed by atoms with Crippen LogP contribution in [0.5, 0.6) is 0 Å². The number of ketones is 1. The molecule has 0 radical (unpaired) electrons. The van der Waals surface area contributed by atoms with Gasteiger partial charge in [-0.2, -0.15) is 0 Å². The molecular weight excluding hydrogens is 200 g/mol. The number of aliphatic hydroxyl groups is 1. The molecule has 0 unspecified atom stereocenters. The summed E-state index contributed by atoms with van der Waals surface area (Å²) in [5.74, 6) is -0.0835. The molecule has 1 fully saturated rings. The van der Waals surface area contributed by atoms with Gasteiger partial charge in [-0.3, -0.25) is 4.79 Å². The van der Waals surface area contributed by atoms with Gasteiger partial charge in [0.2, 0.25) is 0 Å². The van der Waals surface area contributed by atoms with Crippen molar-refractivity contribution >= 4 is 17.4 Å². The molecule has 2 rings (SSSR count). The smallest absolute Gasteiger partial charge is 0.168 e. The first kappa shape index (κ1) is 9.69. The van der Waals surface area contributed by atoms with Gasteiger partial charge in [-0.05, 0) is 30.5 Å². The van der Waals surface area contributed by atoms with E-state index >= 15 is 0 Å². The first-order valence-corrected chi connectivity index (χ1v) is 4.97. The number of carbonyl (C=O) groups is 1. The lowest BCUT2D eigenvalue weighted by Crippen LogP contribution is -2.23. The van der Waals surface area contributed by atoms with E-state index in [2.05, 4.69) is 0 Å². The van der Waals surface area contributed by atoms with Crippen LogP contribution in [0.25, 0.3) is 0 Å². The number of hydrogen-bond donors (Lipinski definition) is 1. The van der Waals surface area contributed by atoms with Gasteiger partial charge in [0, 0.05) is 5.02 Å². The maximum Gasteiger partial charge on any atom is 0.168 e. The molecule has 1 aliphatic rings. The lowest BCUT2D eigenvalue weighted by molar-refractivity contribution is -0.124. The van der Waals surface area contributed by atoms with E-state index in [4.69, 9.17) is 16.7 Å². The highest BCUT2D eigenvalue weighted by molar-refractivity contribution is 6.30. The molecule has 0 amide bonds. The molecule has 14 heavy (non-hydrogen) atoms. The van der Waals surface area contributed by atoms with Crippen molar-refractivity contribution in [1.29, 1.82) is 0 Å². The highest BCUT2D eigenvalue weighted by atomic mass is 35.5. The molecule has 0 aliphatic heterocycles. The SMILES string of the molecule is O=C(CO)C1(c2ccc(Cl)cc2)CC1. The Morgan fingerprint density at radius 1 is 1.36 bits per heavy atom. The third kappa shape index (κ3) is 1.45. The zero-order valence-corrected chi connectivity index (χ0v) is 8.42. The summed E-state index contributed by atoms with van der Waals surface area (Å²) in [6.45, 7) is -0.372. The quantitative estimate of drug-likeness (QED) is 0.828. The molecule has 0 bridgehead atoms. The fraction of sp³-hybridized carbons (Fsp3) is 0.364. The van der Waals surface area contributed by atoms with Crippen molar-refractivity contribution in [2.24, 2.45) is 0 Å². The number of aliphatic hydroxyl groups excluding tert-OH is 1. The molecule has 1 aromatic rings. The second-order valence-electron chi connectivity index (χ2n) is 3.67. The van der Waals surface area contributed by atoms with Crippen molar-refractivity contribution in [3.63, 3.8) is 0 Å². The molecule has 0 aromatic heterocycles. The Kier molecular flexibility index (Phi) is 2.33. The standard InChI is InChI=1S/C11H11ClO2/c12-9-3-1-8(2-4-9)11(5-6-11)10(14)7-13/h1-4,13H,5-7H2. The van der Waals surface area contributed by atoms with Crippen LogP contribution >= 0.6 is 11.6 Å². The van der Waals surface area contributed by atoms with Crippen LogP contribution in [0.2, 0.25) is 5.02 Å². The highest BCUT2D eigenvalue weighted by Crippen LogP contribution is 2.48. The van der Waals surface area contributed by atoms with Crippen LogP contribution in [-0.2, 0) is 10.2 Å². The zero-order chi connectivity index (χ0) is 10.2. The summed E-state index contributed by atoms with van der Waals surface area (Å²) in [5, 5.41) is 9.52. The van der Waals surface area contributed by atoms with E-state index < -0.39 is 5.41 Å². The van der Waals surface area contributed by atoms with Gasteiger partial charge in [0.25, 0.3) is 0 Å². The lowest BCUT2D eigenvalue weighted by atomic mass is 9.92. The monoisotopic (exact) mass is 210 g/mol. The molecule has 1 aromatic carbocycles. The van der Waals surface area contributed by atoms with Crippen LogP contribution in [0.1, 0.15) is 18.4 Å². The minimum atomic E-state index is -0.403. The van der Waals surface area contributed by atoms with Gasteiger partial charge in [-0.25, -0.2) is 0 Å². The molecular formula is C11H11ClO2. The topological polar surface area (TPSA) is 37.3 Å². The van der Waals surface area contributed by atoms with Crippen molar-refractivity contribution in [3.8, 4) is 0 Å². The summed E-state index contributed by atoms with van der Waals surface area (Å²) in [6, 6.07) is 7.29. The number of benzene rings is 1. The third-order valence-electron chi connectivity index (χ3n) is 2.82. The second kappa shape index (κ2) is 3.37. The molecule has 74 valence electrons. The van der Waals surface area contributed by atoms with Crippen LogP contribution in [0.4, 0.5) is 0 Å². The number of halogens is 1. The Bertz CT molecular complexity index is 352. The van der Waals surface area contributed by atoms with Crippen molar-refractivity contribution < 1.29 is 9.90 Å². The Morgan fingerprint density at radius 3 is 2.36 bits per heavy atom. The van der Waals surface area contributed by atoms with E-state index in [1.54, 1.807) is 12.1 Å². The van der Waals surface area contributed by atoms with E-state index in [9.17, 15) is 4.79 Å². The fourth-order valence-electron chi connectivity index (χ4n) is 1.77. The molecule has 1 saturated carbocycles. The maximum absolute atomic E-state index is 11.5. The van der Waals surface area contributed by atoms with Gasteiger partial charge >= 0.3 is 0 Å². The fourth-order valence-corrected chi connectivity index (χ4v) is 1.90. The molecule has 0 heterocycles. The van der Waals surface area contributed by atoms with Crippen LogP contribution < -0.4 is 0 Å². The molecule has 1 N–H and O–H groups in total. The van der Waals surface area contributed by atoms with Gasteiger partial charge in [0.05, 0.1) is 5.41 Å². The predicted octanol–water partition coefficient (Wildman–Crippen LogP) is 1.93. The van der Waals surface area contributed by atoms with Gasteiger partial charge in [0.15, 0.2) is 5.78 Å². The summed E-state index contributed by atoms with van der Waals surface area (Å²) in [5.41, 5.74) is 0.570. The van der Waals surface area contributed by atoms with Crippen LogP contribution in [0.3, 0.4) is 0 Å². The Labute approximate surface area is 87.5 Å². The van der Waals surface area contributed by atoms with Crippen LogP contribution in [-0.4, -0.2) is 17.5 Å². The lowest BCUT2D eigenvalue weighted by Gasteiger charge is -2.12. The van der Waals surface area contributed by atoms with Gasteiger partial charge < -0.3 is 5.11 Å². The van der Waals surface area contributed by atoms with Crippen molar-refractivity contribution in [2.75, 3.05) is 6.61 Å². The van der Waals surface area contributed by atoms with Crippen molar-refractivity contribution in [2.45, 2.75) is 18.3 Å². The van der Waals surface area contributed by atoms with Crippen molar-refractivity contribution in [3.05, 3.63) is 34.9 Å². The van der Waals surface area contributed by atoms with Crippen LogP contribution in [0.15, 0.2) is 24.3 Å². The summed E-state index contributed by atoms with van der Waals surface area (Å²) < 4.78 is 0. The number of carbonyl (C=O) groups excluding carboxylic acids is 1. The Balaban J connectivity index is 2.31. The van der Waals surface area contributed by atoms with E-state index in [-0.39, 0.29) is 12.4 Å². The molecule has 3 heteroatoms. The minimum absolute atomic E-state index is 0.0835. The molecule has 0 saturated heterocycles. The number of rotatable bonds is 3. The molecule has 0 atom stereocenters. The first-order chi connectivity index (χ1) is 6.69. The largest absolute Gasteiger partial charge is 0.389 e. The maximum atomic E-state index is 11.5. The average Bonchev–Trinajstić information content (AvgIpc) is 2.99. The molecule has 1 aliphatic carbocycles. The number of Topliss-reactive ketones (excluding diaryl/α,β-unsaturated/α-hetero) is 1. The van der Waals surface area contributed by atoms with Gasteiger partial charge in [-0.1, -0.05) is 23.7 Å². The zero-order valence-electron chi connectivity index (χ0n) is 7.66. The molecule has 2 nitrogen and oxygen atoms in total. The van der Waals surface area contributed by atoms with Crippen molar-refractivity contribution in [1.82, 2.24) is 0 Å². The average molecular weight is 211 g/mol. The number of hydrogen-bond acceptors (Lipinski definition) is 2. The third-order valence-corrected chi connectivity index (χ3v) is 3.08. The summed E-state index contributed by atoms with van der Waals surface area (Å²) in [4.78, 5) is 11.5. The normalized spacial score (nSPS) is 17.9. The summed E-state index contributed by atoms with van der Waals surface area (Å²) in [6.07, 6.45) is 1.68. The van der Waals surface area contributed by atoms with E-state index in [1.165, 1.54) is 0 Å². The predicted molar refractivity (Wildman–Crippen MR) is 54.5 cm³/mol. The summed E-state index contributed by atoms with van der Waals surface area (Å²) in [7, 11) is 0. The Hall–Kier alpha value is -0.860. The highest BCUT2D eigenvalue weighted by Gasteiger charge is 2.50. The second-order valence-corrected chi connectivity index (χ2v) is 4.11. The van der Waals surface area contributed by atoms with E-state index in [1.807, 2.05) is 12.1 Å². The van der Waals surface area contributed by atoms with E-state index in [0.29, 0.717) is 5.02 Å². The summed E-state index contributed by atoms with van der Waals surface area (Å²) >= 11 is 5.76. The first-order valence-electron chi connectivity index (χ1n) is 4.59.